The van der Waals surface area contributed by atoms with Crippen LogP contribution < -0.4 is 89.1 Å². The van der Waals surface area contributed by atoms with E-state index in [2.05, 4.69) is 91.3 Å². The number of aliphatic carboxylic acids is 5. The first-order valence-corrected chi connectivity index (χ1v) is 46.8. The molecule has 0 saturated carbocycles. The molecule has 0 aliphatic carbocycles. The van der Waals surface area contributed by atoms with Crippen molar-refractivity contribution in [1.82, 2.24) is 72.3 Å². The third-order valence-electron chi connectivity index (χ3n) is 21.1. The maximum Gasteiger partial charge on any atom is 0.411 e. The number of aliphatic imine (C=N–C) groups is 1. The van der Waals surface area contributed by atoms with Crippen molar-refractivity contribution >= 4 is 157 Å². The summed E-state index contributed by atoms with van der Waals surface area (Å²) >= 11 is 0. The average molecular weight is 2010 g/mol. The van der Waals surface area contributed by atoms with Gasteiger partial charge in [0.05, 0.1) is 153 Å². The van der Waals surface area contributed by atoms with E-state index in [4.69, 9.17) is 64.9 Å². The van der Waals surface area contributed by atoms with Crippen molar-refractivity contribution in [1.29, 1.82) is 10.8 Å². The minimum Gasteiger partial charge on any atom is -0.493 e. The Kier molecular flexibility index (Phi) is 45.4. The molecule has 2 aromatic heterocycles. The number of nitrogens with two attached hydrogens (primary N) is 2. The normalized spacial score (nSPS) is 15.3. The highest BCUT2D eigenvalue weighted by molar-refractivity contribution is 8.77. The lowest BCUT2D eigenvalue weighted by Crippen LogP contribution is -2.59. The Morgan fingerprint density at radius 1 is 0.645 bits per heavy atom. The number of aliphatic hydroxyl groups is 1. The lowest BCUT2D eigenvalue weighted by molar-refractivity contribution is -0.143. The quantitative estimate of drug-likeness (QED) is 0.00645. The number of benzene rings is 3. The number of aromatic amines is 1. The van der Waals surface area contributed by atoms with Crippen LogP contribution in [0.4, 0.5) is 27.8 Å². The van der Waals surface area contributed by atoms with E-state index in [0.29, 0.717) is 79.4 Å². The number of carboxylic acid groups (broad SMARTS) is 5. The van der Waals surface area contributed by atoms with Crippen LogP contribution in [-0.4, -0.2) is 341 Å². The summed E-state index contributed by atoms with van der Waals surface area (Å²) in [4.78, 5) is 218. The highest BCUT2D eigenvalue weighted by Crippen LogP contribution is 2.40. The number of nitrogens with zero attached hydrogens (tertiary/aromatic N) is 6. The third-order valence-corrected chi connectivity index (χ3v) is 24.0. The zero-order valence-electron chi connectivity index (χ0n) is 77.4. The number of carboxylic acids is 5. The van der Waals surface area contributed by atoms with E-state index < -0.39 is 176 Å². The molecule has 51 nitrogen and oxygen atoms in total. The lowest BCUT2D eigenvalue weighted by Gasteiger charge is -2.26. The summed E-state index contributed by atoms with van der Waals surface area (Å²) in [6.07, 6.45) is -0.244. The van der Waals surface area contributed by atoms with Crippen LogP contribution in [0.5, 0.6) is 23.0 Å². The van der Waals surface area contributed by atoms with Crippen LogP contribution in [0.3, 0.4) is 0 Å². The van der Waals surface area contributed by atoms with Crippen LogP contribution >= 0.6 is 21.6 Å². The number of carbonyl (C=O) groups excluding carboxylic acids is 9. The highest BCUT2D eigenvalue weighted by Gasteiger charge is 2.39. The molecule has 5 heterocycles. The number of fused-ring (bicyclic) bond motifs is 3. The van der Waals surface area contributed by atoms with Gasteiger partial charge in [0, 0.05) is 85.8 Å². The van der Waals surface area contributed by atoms with Crippen LogP contribution in [-0.2, 0) is 78.2 Å². The van der Waals surface area contributed by atoms with Crippen molar-refractivity contribution in [3.05, 3.63) is 112 Å². The van der Waals surface area contributed by atoms with Gasteiger partial charge in [0.1, 0.15) is 49.1 Å². The maximum absolute atomic E-state index is 14.2. The zero-order chi connectivity index (χ0) is 103. The number of nitrogens with one attached hydrogen (secondary N) is 13. The smallest absolute Gasteiger partial charge is 0.411 e. The molecular weight excluding hydrogens is 1900 g/mol. The predicted octanol–water partition coefficient (Wildman–Crippen LogP) is 1.00. The summed E-state index contributed by atoms with van der Waals surface area (Å²) in [5.41, 5.74) is 13.8. The molecule has 5 aromatic rings. The van der Waals surface area contributed by atoms with Crippen LogP contribution in [0.1, 0.15) is 127 Å². The number of nitrogen functional groups attached to an aromatic ring is 1. The van der Waals surface area contributed by atoms with E-state index in [1.807, 2.05) is 0 Å². The van der Waals surface area contributed by atoms with Crippen molar-refractivity contribution in [2.75, 3.05) is 135 Å². The molecule has 3 aliphatic heterocycles. The molecule has 0 radical (unpaired) electrons. The Bertz CT molecular complexity index is 5390. The van der Waals surface area contributed by atoms with E-state index in [1.165, 1.54) is 72.5 Å². The summed E-state index contributed by atoms with van der Waals surface area (Å²) in [6.45, 7) is 10.8. The van der Waals surface area contributed by atoms with Gasteiger partial charge in [0.15, 0.2) is 40.1 Å². The van der Waals surface area contributed by atoms with Gasteiger partial charge in [-0.25, -0.2) is 19.6 Å². The number of anilines is 3. The van der Waals surface area contributed by atoms with Gasteiger partial charge in [-0.1, -0.05) is 45.9 Å². The molecule has 23 N–H and O–H groups in total. The number of hydrogen-bond donors (Lipinski definition) is 21. The predicted molar refractivity (Wildman–Crippen MR) is 509 cm³/mol. The molecule has 3 aromatic carbocycles. The summed E-state index contributed by atoms with van der Waals surface area (Å²) in [7, 11) is 5.29. The fourth-order valence-corrected chi connectivity index (χ4v) is 16.4. The number of ether oxygens (including phenoxy) is 9. The number of H-pyrrole nitrogens is 1. The van der Waals surface area contributed by atoms with Gasteiger partial charge in [-0.2, -0.15) is 4.98 Å². The largest absolute Gasteiger partial charge is 0.493 e. The number of carbonyl (C=O) groups is 14. The number of unbranched alkanes of at least 4 members (excludes halogenated alkanes) is 2. The van der Waals surface area contributed by atoms with E-state index in [-0.39, 0.29) is 173 Å². The molecule has 141 heavy (non-hydrogen) atoms. The van der Waals surface area contributed by atoms with Crippen molar-refractivity contribution in [3.63, 3.8) is 0 Å². The summed E-state index contributed by atoms with van der Waals surface area (Å²) in [5, 5.41) is 99.1. The number of aromatic nitrogens is 4. The molecule has 3 aliphatic rings. The van der Waals surface area contributed by atoms with Crippen molar-refractivity contribution < 1.29 is 140 Å². The Balaban J connectivity index is 0.688. The van der Waals surface area contributed by atoms with Gasteiger partial charge in [-0.05, 0) is 94.7 Å². The molecule has 0 spiro atoms. The van der Waals surface area contributed by atoms with Crippen molar-refractivity contribution in [2.45, 2.75) is 157 Å². The van der Waals surface area contributed by atoms with Crippen LogP contribution in [0.15, 0.2) is 88.8 Å². The van der Waals surface area contributed by atoms with Gasteiger partial charge < -0.3 is 142 Å². The number of likely N-dealkylation sites (tertiary alicyclic amines) is 1. The first kappa shape index (κ1) is 112. The fourth-order valence-electron chi connectivity index (χ4n) is 14.0. The highest BCUT2D eigenvalue weighted by atomic mass is 33.1. The SMILES string of the molecule is C=C1CC(C=N)N(C(=O)c2cc(OC)c(OCCCCCOc3cc4c(cc3OC)C(=O)N3CC(=C)C[C@H]3C=N4)cc2NC(=O)OCC(C)SSC[C@H](NC(O)CCOCCOCCOCCOCCNC(=O)[C@H](CC(=O)O)NC(=O)[C@H](CC(=O)O)NC(=O)[C@H](CCCNC(=N)N)NC(=O)[C@H](CC(=O)O)NC(=O)CC[C@H](NC(=O)c2ccc(NCc3cnc4nc(N)[nH]c(=O)c4n3)cc2)C(=O)O)C(=O)O)C1. The molecular formula is C88H117N21O30S2. The molecule has 2 fully saturated rings. The number of aliphatic hydroxyl groups excluding tert-OH is 1. The minimum atomic E-state index is -2.08. The van der Waals surface area contributed by atoms with Crippen molar-refractivity contribution in [2.24, 2.45) is 10.7 Å². The van der Waals surface area contributed by atoms with E-state index in [1.54, 1.807) is 30.2 Å². The average Bonchev–Trinajstić information content (AvgIpc) is 1.67. The molecule has 2 saturated heterocycles. The van der Waals surface area contributed by atoms with Gasteiger partial charge >= 0.3 is 35.9 Å². The van der Waals surface area contributed by atoms with Crippen LogP contribution in [0.2, 0.25) is 0 Å². The second-order valence-corrected chi connectivity index (χ2v) is 34.9. The fraction of sp³-hybridized carbons (Fsp3) is 0.489. The van der Waals surface area contributed by atoms with E-state index in [0.717, 1.165) is 28.2 Å². The van der Waals surface area contributed by atoms with E-state index >= 15 is 0 Å². The van der Waals surface area contributed by atoms with Gasteiger partial charge in [-0.3, -0.25) is 88.3 Å². The monoisotopic (exact) mass is 2010 g/mol. The Hall–Kier alpha value is -14.4. The molecule has 10 atom stereocenters. The standard InChI is InChI=1S/C88H117N21O30S2/c1-47-30-53(39-89)108(43-47)83(125)56-33-66(132-5)68(138-21-8-6-7-20-137-67-34-59-55(32-65(67)131-4)82(124)109-44-48(2)31-54(109)42-96-59)35-60(56)105-88(130)139-45-49(3)141-140-46-64(85(128)129)100-70(111)17-22-133-24-26-135-28-29-136-27-25-134-23-19-93-77(119)61(36-71(112)113)103-80(122)63(38-73(116)117)104-78(120)57(10-9-18-94-86(90)91)101-79(121)62(37-72(114)115)99-69(110)16-15-58(84(126)127)102-76(118)50-11-13-51(14-12-50)95-40-52-41-97-75-74(98-52)81(123)107-87(92)106-75/h11-14,32-35,39,41-42,49,53-54,57-58,61-64,70,89,95,100,111H,1-2,6-10,15-31,36-38,40,43-46H2,3-5H3,(H,93,119)(H,99,110)(H,101,121)(H,102,118)(H,103,122)(H,104,120)(H,105,130)(H,112,113)(H,114,115)(H,116,117)(H,126,127)(H,128,129)(H4,90,91,94)(H3,92,97,106,107,123)/t49?,53?,54-,57-,58-,61-,62-,63-,64-,70?/m0/s1. The molecule has 9 amide bonds. The summed E-state index contributed by atoms with van der Waals surface area (Å²) in [5.74, 6) is -14.9. The first-order valence-electron chi connectivity index (χ1n) is 44.4. The van der Waals surface area contributed by atoms with Gasteiger partial charge in [-0.15, -0.1) is 0 Å². The number of hydrogen-bond acceptors (Lipinski definition) is 36. The topological polar surface area (TPSA) is 754 Å². The van der Waals surface area contributed by atoms with Crippen molar-refractivity contribution in [3.8, 4) is 23.0 Å². The third kappa shape index (κ3) is 37.0. The summed E-state index contributed by atoms with van der Waals surface area (Å²) in [6, 6.07) is 0.500. The Morgan fingerprint density at radius 3 is 1.85 bits per heavy atom. The number of guanidine groups is 1. The van der Waals surface area contributed by atoms with Crippen LogP contribution in [0, 0.1) is 10.8 Å². The lowest BCUT2D eigenvalue weighted by atomic mass is 10.1. The molecule has 766 valence electrons. The van der Waals surface area contributed by atoms with Gasteiger partial charge in [0.2, 0.25) is 35.5 Å². The minimum absolute atomic E-state index is 0.00324. The Morgan fingerprint density at radius 2 is 1.23 bits per heavy atom. The zero-order valence-corrected chi connectivity index (χ0v) is 79.0. The molecule has 53 heteroatoms. The van der Waals surface area contributed by atoms with Crippen LogP contribution in [0.25, 0.3) is 11.2 Å². The second kappa shape index (κ2) is 57.2. The van der Waals surface area contributed by atoms with Gasteiger partial charge in [0.25, 0.3) is 23.3 Å². The number of amides is 9. The summed E-state index contributed by atoms with van der Waals surface area (Å²) < 4.78 is 51.1. The Labute approximate surface area is 814 Å². The molecule has 3 unspecified atom stereocenters. The van der Waals surface area contributed by atoms with E-state index in [9.17, 15) is 103 Å². The first-order chi connectivity index (χ1) is 67.4. The maximum atomic E-state index is 14.2. The molecule has 8 rings (SSSR count). The molecule has 0 bridgehead atoms. The second-order valence-electron chi connectivity index (χ2n) is 32.1. The number of rotatable bonds is 64. The number of methoxy groups -OCH3 is 2.